The Balaban J connectivity index is 2.49. The van der Waals surface area contributed by atoms with Gasteiger partial charge in [0, 0.05) is 5.69 Å². The molecule has 0 aromatic heterocycles. The van der Waals surface area contributed by atoms with Gasteiger partial charge in [-0.1, -0.05) is 29.8 Å². The first kappa shape index (κ1) is 14.6. The Morgan fingerprint density at radius 3 is 2.55 bits per heavy atom. The van der Waals surface area contributed by atoms with Gasteiger partial charge in [0.1, 0.15) is 4.90 Å². The fraction of sp³-hybridized carbons (Fsp3) is 0.0769. The molecule has 0 spiro atoms. The highest BCUT2D eigenvalue weighted by molar-refractivity contribution is 7.92. The van der Waals surface area contributed by atoms with Crippen molar-refractivity contribution >= 4 is 33.0 Å². The Morgan fingerprint density at radius 1 is 1.25 bits per heavy atom. The molecule has 0 aliphatic rings. The number of nitrogen functional groups attached to an aromatic ring is 1. The number of rotatable bonds is 3. The minimum Gasteiger partial charge on any atom is -0.399 e. The van der Waals surface area contributed by atoms with E-state index in [9.17, 15) is 12.8 Å². The SMILES string of the molecule is Cc1ccccc1NS(=O)(=O)c1cc(N)cc(Cl)c1F. The van der Waals surface area contributed by atoms with Crippen LogP contribution in [-0.2, 0) is 10.0 Å². The van der Waals surface area contributed by atoms with Gasteiger partial charge in [0.05, 0.1) is 10.7 Å². The van der Waals surface area contributed by atoms with E-state index in [1.807, 2.05) is 0 Å². The van der Waals surface area contributed by atoms with E-state index in [0.717, 1.165) is 12.1 Å². The predicted octanol–water partition coefficient (Wildman–Crippen LogP) is 3.17. The summed E-state index contributed by atoms with van der Waals surface area (Å²) in [6.45, 7) is 1.74. The molecular formula is C13H12ClFN2O2S. The molecule has 106 valence electrons. The predicted molar refractivity (Wildman–Crippen MR) is 77.8 cm³/mol. The zero-order valence-electron chi connectivity index (χ0n) is 10.5. The van der Waals surface area contributed by atoms with Gasteiger partial charge in [-0.25, -0.2) is 12.8 Å². The summed E-state index contributed by atoms with van der Waals surface area (Å²) >= 11 is 5.61. The van der Waals surface area contributed by atoms with Crippen LogP contribution < -0.4 is 10.5 Å². The number of sulfonamides is 1. The number of nitrogens with two attached hydrogens (primary N) is 1. The van der Waals surface area contributed by atoms with Gasteiger partial charge in [-0.2, -0.15) is 0 Å². The molecule has 0 atom stereocenters. The quantitative estimate of drug-likeness (QED) is 0.855. The minimum absolute atomic E-state index is 0.0709. The highest BCUT2D eigenvalue weighted by atomic mass is 35.5. The third-order valence-electron chi connectivity index (χ3n) is 2.70. The summed E-state index contributed by atoms with van der Waals surface area (Å²) in [7, 11) is -4.10. The Hall–Kier alpha value is -1.79. The number of hydrogen-bond donors (Lipinski definition) is 2. The van der Waals surface area contributed by atoms with Gasteiger partial charge in [-0.3, -0.25) is 4.72 Å². The summed E-state index contributed by atoms with van der Waals surface area (Å²) in [5.41, 5.74) is 6.66. The lowest BCUT2D eigenvalue weighted by Gasteiger charge is -2.12. The maximum absolute atomic E-state index is 13.9. The van der Waals surface area contributed by atoms with Crippen LogP contribution in [0.4, 0.5) is 15.8 Å². The molecule has 2 rings (SSSR count). The molecule has 0 saturated carbocycles. The number of nitrogens with one attached hydrogen (secondary N) is 1. The number of anilines is 2. The van der Waals surface area contributed by atoms with E-state index in [4.69, 9.17) is 17.3 Å². The molecule has 3 N–H and O–H groups in total. The van der Waals surface area contributed by atoms with Crippen molar-refractivity contribution in [1.82, 2.24) is 0 Å². The monoisotopic (exact) mass is 314 g/mol. The molecule has 0 aliphatic carbocycles. The van der Waals surface area contributed by atoms with Crippen molar-refractivity contribution in [2.75, 3.05) is 10.5 Å². The van der Waals surface area contributed by atoms with Crippen LogP contribution in [0.1, 0.15) is 5.56 Å². The maximum atomic E-state index is 13.9. The summed E-state index contributed by atoms with van der Waals surface area (Å²) in [6, 6.07) is 8.95. The molecule has 0 radical (unpaired) electrons. The van der Waals surface area contributed by atoms with Gasteiger partial charge in [-0.15, -0.1) is 0 Å². The lowest BCUT2D eigenvalue weighted by Crippen LogP contribution is -2.16. The molecule has 0 amide bonds. The largest absolute Gasteiger partial charge is 0.399 e. The molecular weight excluding hydrogens is 303 g/mol. The molecule has 7 heteroatoms. The maximum Gasteiger partial charge on any atom is 0.264 e. The fourth-order valence-corrected chi connectivity index (χ4v) is 3.22. The van der Waals surface area contributed by atoms with E-state index in [2.05, 4.69) is 4.72 Å². The Morgan fingerprint density at radius 2 is 1.90 bits per heavy atom. The van der Waals surface area contributed by atoms with Crippen molar-refractivity contribution in [2.45, 2.75) is 11.8 Å². The number of para-hydroxylation sites is 1. The first-order valence-corrected chi connectivity index (χ1v) is 7.50. The average molecular weight is 315 g/mol. The van der Waals surface area contributed by atoms with E-state index in [1.54, 1.807) is 31.2 Å². The zero-order chi connectivity index (χ0) is 14.9. The first-order chi connectivity index (χ1) is 9.31. The van der Waals surface area contributed by atoms with Crippen LogP contribution in [0.5, 0.6) is 0 Å². The van der Waals surface area contributed by atoms with Crippen molar-refractivity contribution < 1.29 is 12.8 Å². The van der Waals surface area contributed by atoms with E-state index >= 15 is 0 Å². The summed E-state index contributed by atoms with van der Waals surface area (Å²) < 4.78 is 40.6. The number of aryl methyl sites for hydroxylation is 1. The van der Waals surface area contributed by atoms with Gasteiger partial charge in [0.15, 0.2) is 5.82 Å². The van der Waals surface area contributed by atoms with Gasteiger partial charge >= 0.3 is 0 Å². The molecule has 20 heavy (non-hydrogen) atoms. The van der Waals surface area contributed by atoms with Crippen molar-refractivity contribution in [3.63, 3.8) is 0 Å². The second-order valence-corrected chi connectivity index (χ2v) is 6.29. The third kappa shape index (κ3) is 2.86. The molecule has 0 aliphatic heterocycles. The lowest BCUT2D eigenvalue weighted by atomic mass is 10.2. The molecule has 4 nitrogen and oxygen atoms in total. The molecule has 2 aromatic rings. The molecule has 0 fully saturated rings. The lowest BCUT2D eigenvalue weighted by molar-refractivity contribution is 0.571. The van der Waals surface area contributed by atoms with Crippen LogP contribution in [0.3, 0.4) is 0 Å². The minimum atomic E-state index is -4.10. The summed E-state index contributed by atoms with van der Waals surface area (Å²) in [5, 5.41) is -0.338. The molecule has 0 saturated heterocycles. The molecule has 0 heterocycles. The van der Waals surface area contributed by atoms with E-state index < -0.39 is 20.7 Å². The standard InChI is InChI=1S/C13H12ClFN2O2S/c1-8-4-2-3-5-11(8)17-20(18,19)12-7-9(16)6-10(14)13(12)15/h2-7,17H,16H2,1H3. The van der Waals surface area contributed by atoms with Crippen LogP contribution in [0, 0.1) is 12.7 Å². The number of hydrogen-bond acceptors (Lipinski definition) is 3. The second-order valence-electron chi connectivity index (χ2n) is 4.24. The van der Waals surface area contributed by atoms with Gasteiger partial charge in [-0.05, 0) is 30.7 Å². The zero-order valence-corrected chi connectivity index (χ0v) is 12.1. The van der Waals surface area contributed by atoms with Crippen molar-refractivity contribution in [3.05, 3.63) is 52.8 Å². The van der Waals surface area contributed by atoms with E-state index in [-0.39, 0.29) is 10.7 Å². The van der Waals surface area contributed by atoms with Crippen LogP contribution in [0.15, 0.2) is 41.3 Å². The molecule has 0 unspecified atom stereocenters. The smallest absolute Gasteiger partial charge is 0.264 e. The summed E-state index contributed by atoms with van der Waals surface area (Å²) in [5.74, 6) is -1.03. The summed E-state index contributed by atoms with van der Waals surface area (Å²) in [6.07, 6.45) is 0. The average Bonchev–Trinajstić information content (AvgIpc) is 2.36. The number of halogens is 2. The van der Waals surface area contributed by atoms with E-state index in [1.165, 1.54) is 0 Å². The van der Waals surface area contributed by atoms with Gasteiger partial charge < -0.3 is 5.73 Å². The van der Waals surface area contributed by atoms with Crippen LogP contribution >= 0.6 is 11.6 Å². The highest BCUT2D eigenvalue weighted by Gasteiger charge is 2.22. The molecule has 0 bridgehead atoms. The highest BCUT2D eigenvalue weighted by Crippen LogP contribution is 2.27. The van der Waals surface area contributed by atoms with Crippen LogP contribution in [0.25, 0.3) is 0 Å². The number of benzene rings is 2. The Bertz CT molecular complexity index is 763. The first-order valence-electron chi connectivity index (χ1n) is 5.64. The Labute approximate surface area is 121 Å². The van der Waals surface area contributed by atoms with Crippen molar-refractivity contribution in [3.8, 4) is 0 Å². The van der Waals surface area contributed by atoms with Gasteiger partial charge in [0.2, 0.25) is 0 Å². The summed E-state index contributed by atoms with van der Waals surface area (Å²) in [4.78, 5) is -0.578. The molecule has 2 aromatic carbocycles. The second kappa shape index (κ2) is 5.30. The Kier molecular flexibility index (Phi) is 3.87. The normalized spacial score (nSPS) is 11.3. The fourth-order valence-electron chi connectivity index (χ4n) is 1.67. The van der Waals surface area contributed by atoms with Crippen molar-refractivity contribution in [1.29, 1.82) is 0 Å². The third-order valence-corrected chi connectivity index (χ3v) is 4.34. The van der Waals surface area contributed by atoms with Crippen LogP contribution in [-0.4, -0.2) is 8.42 Å². The van der Waals surface area contributed by atoms with Gasteiger partial charge in [0.25, 0.3) is 10.0 Å². The van der Waals surface area contributed by atoms with Crippen LogP contribution in [0.2, 0.25) is 5.02 Å². The van der Waals surface area contributed by atoms with E-state index in [0.29, 0.717) is 11.3 Å². The van der Waals surface area contributed by atoms with Crippen molar-refractivity contribution in [2.24, 2.45) is 0 Å². The topological polar surface area (TPSA) is 72.2 Å².